The van der Waals surface area contributed by atoms with Crippen LogP contribution in [0.3, 0.4) is 0 Å². The molecule has 1 amide bonds. The van der Waals surface area contributed by atoms with Crippen molar-refractivity contribution in [1.82, 2.24) is 5.32 Å². The van der Waals surface area contributed by atoms with Crippen molar-refractivity contribution in [2.24, 2.45) is 0 Å². The van der Waals surface area contributed by atoms with Gasteiger partial charge in [0.15, 0.2) is 11.9 Å². The molecule has 6 nitrogen and oxygen atoms in total. The molecule has 0 aromatic heterocycles. The SMILES string of the molecule is COc1cccc(C(=O)NCC(=O)O[C@H]2CCCCC2=O)c1. The first-order valence-corrected chi connectivity index (χ1v) is 7.24. The predicted molar refractivity (Wildman–Crippen MR) is 78.7 cm³/mol. The summed E-state index contributed by atoms with van der Waals surface area (Å²) in [4.78, 5) is 35.2. The highest BCUT2D eigenvalue weighted by Crippen LogP contribution is 2.17. The van der Waals surface area contributed by atoms with Crippen molar-refractivity contribution in [3.8, 4) is 5.75 Å². The lowest BCUT2D eigenvalue weighted by molar-refractivity contribution is -0.155. The highest BCUT2D eigenvalue weighted by Gasteiger charge is 2.25. The van der Waals surface area contributed by atoms with Gasteiger partial charge in [-0.2, -0.15) is 0 Å². The number of hydrogen-bond acceptors (Lipinski definition) is 5. The topological polar surface area (TPSA) is 81.7 Å². The Morgan fingerprint density at radius 3 is 2.86 bits per heavy atom. The number of methoxy groups -OCH3 is 1. The second-order valence-electron chi connectivity index (χ2n) is 5.11. The molecule has 1 saturated carbocycles. The van der Waals surface area contributed by atoms with Crippen molar-refractivity contribution in [2.45, 2.75) is 31.8 Å². The summed E-state index contributed by atoms with van der Waals surface area (Å²) in [5.41, 5.74) is 0.390. The number of ketones is 1. The lowest BCUT2D eigenvalue weighted by Crippen LogP contribution is -2.36. The Hall–Kier alpha value is -2.37. The first-order valence-electron chi connectivity index (χ1n) is 7.24. The van der Waals surface area contributed by atoms with Gasteiger partial charge in [0.1, 0.15) is 12.3 Å². The third kappa shape index (κ3) is 4.31. The first-order chi connectivity index (χ1) is 10.6. The second kappa shape index (κ2) is 7.59. The quantitative estimate of drug-likeness (QED) is 0.833. The molecule has 118 valence electrons. The third-order valence-electron chi connectivity index (χ3n) is 3.50. The van der Waals surface area contributed by atoms with Crippen LogP contribution in [0.5, 0.6) is 5.75 Å². The molecule has 0 radical (unpaired) electrons. The number of ether oxygens (including phenoxy) is 2. The summed E-state index contributed by atoms with van der Waals surface area (Å²) in [7, 11) is 1.51. The Morgan fingerprint density at radius 1 is 1.32 bits per heavy atom. The highest BCUT2D eigenvalue weighted by atomic mass is 16.5. The molecular formula is C16H19NO5. The van der Waals surface area contributed by atoms with Crippen LogP contribution < -0.4 is 10.1 Å². The number of nitrogens with one attached hydrogen (secondary N) is 1. The normalized spacial score (nSPS) is 17.7. The Bertz CT molecular complexity index is 569. The minimum atomic E-state index is -0.657. The maximum Gasteiger partial charge on any atom is 0.326 e. The Morgan fingerprint density at radius 2 is 2.14 bits per heavy atom. The molecule has 1 aliphatic carbocycles. The van der Waals surface area contributed by atoms with E-state index >= 15 is 0 Å². The van der Waals surface area contributed by atoms with Crippen molar-refractivity contribution in [3.05, 3.63) is 29.8 Å². The highest BCUT2D eigenvalue weighted by molar-refractivity contribution is 5.96. The van der Waals surface area contributed by atoms with E-state index in [0.717, 1.165) is 12.8 Å². The number of amides is 1. The zero-order valence-corrected chi connectivity index (χ0v) is 12.5. The summed E-state index contributed by atoms with van der Waals surface area (Å²) in [6.45, 7) is -0.264. The minimum absolute atomic E-state index is 0.0428. The molecule has 22 heavy (non-hydrogen) atoms. The standard InChI is InChI=1S/C16H19NO5/c1-21-12-6-4-5-11(9-12)16(20)17-10-15(19)22-14-8-3-2-7-13(14)18/h4-6,9,14H,2-3,7-8,10H2,1H3,(H,17,20)/t14-/m0/s1. The average molecular weight is 305 g/mol. The maximum absolute atomic E-state index is 11.9. The molecule has 0 saturated heterocycles. The fourth-order valence-electron chi connectivity index (χ4n) is 2.29. The van der Waals surface area contributed by atoms with Crippen LogP contribution in [0, 0.1) is 0 Å². The summed E-state index contributed by atoms with van der Waals surface area (Å²) in [6.07, 6.45) is 2.08. The first kappa shape index (κ1) is 16.0. The molecular weight excluding hydrogens is 286 g/mol. The molecule has 1 aromatic carbocycles. The summed E-state index contributed by atoms with van der Waals surface area (Å²) in [5, 5.41) is 2.47. The predicted octanol–water partition coefficient (Wildman–Crippen LogP) is 1.48. The summed E-state index contributed by atoms with van der Waals surface area (Å²) < 4.78 is 10.1. The van der Waals surface area contributed by atoms with Gasteiger partial charge in [0, 0.05) is 12.0 Å². The van der Waals surface area contributed by atoms with Crippen LogP contribution in [0.25, 0.3) is 0 Å². The molecule has 0 heterocycles. The number of esters is 1. The van der Waals surface area contributed by atoms with Crippen molar-refractivity contribution < 1.29 is 23.9 Å². The lowest BCUT2D eigenvalue weighted by Gasteiger charge is -2.20. The number of carbonyl (C=O) groups excluding carboxylic acids is 3. The van der Waals surface area contributed by atoms with Gasteiger partial charge in [-0.15, -0.1) is 0 Å². The Kier molecular flexibility index (Phi) is 5.52. The Labute approximate surface area is 128 Å². The van der Waals surface area contributed by atoms with Gasteiger partial charge in [-0.1, -0.05) is 6.07 Å². The van der Waals surface area contributed by atoms with Crippen molar-refractivity contribution in [3.63, 3.8) is 0 Å². The maximum atomic E-state index is 11.9. The average Bonchev–Trinajstić information content (AvgIpc) is 2.55. The van der Waals surface area contributed by atoms with Crippen LogP contribution in [0.4, 0.5) is 0 Å². The molecule has 0 unspecified atom stereocenters. The van der Waals surface area contributed by atoms with Crippen LogP contribution >= 0.6 is 0 Å². The van der Waals surface area contributed by atoms with Crippen molar-refractivity contribution in [1.29, 1.82) is 0 Å². The zero-order chi connectivity index (χ0) is 15.9. The number of benzene rings is 1. The van der Waals surface area contributed by atoms with Gasteiger partial charge >= 0.3 is 5.97 Å². The van der Waals surface area contributed by atoms with Crippen LogP contribution in [-0.4, -0.2) is 37.4 Å². The van der Waals surface area contributed by atoms with Gasteiger partial charge in [0.05, 0.1) is 7.11 Å². The lowest BCUT2D eigenvalue weighted by atomic mass is 9.96. The zero-order valence-electron chi connectivity index (χ0n) is 12.5. The molecule has 1 N–H and O–H groups in total. The molecule has 6 heteroatoms. The van der Waals surface area contributed by atoms with E-state index < -0.39 is 18.0 Å². The molecule has 0 aliphatic heterocycles. The van der Waals surface area contributed by atoms with Gasteiger partial charge in [0.2, 0.25) is 0 Å². The number of rotatable bonds is 5. The largest absolute Gasteiger partial charge is 0.497 e. The Balaban J connectivity index is 1.82. The fourth-order valence-corrected chi connectivity index (χ4v) is 2.29. The van der Waals surface area contributed by atoms with E-state index in [1.54, 1.807) is 24.3 Å². The number of hydrogen-bond donors (Lipinski definition) is 1. The van der Waals surface area contributed by atoms with E-state index in [1.807, 2.05) is 0 Å². The molecule has 0 bridgehead atoms. The van der Waals surface area contributed by atoms with Crippen LogP contribution in [-0.2, 0) is 14.3 Å². The second-order valence-corrected chi connectivity index (χ2v) is 5.11. The molecule has 1 aliphatic rings. The van der Waals surface area contributed by atoms with Crippen LogP contribution in [0.1, 0.15) is 36.0 Å². The number of carbonyl (C=O) groups is 3. The van der Waals surface area contributed by atoms with E-state index in [2.05, 4.69) is 5.32 Å². The minimum Gasteiger partial charge on any atom is -0.497 e. The molecule has 0 spiro atoms. The van der Waals surface area contributed by atoms with E-state index in [0.29, 0.717) is 24.2 Å². The monoisotopic (exact) mass is 305 g/mol. The molecule has 1 fully saturated rings. The van der Waals surface area contributed by atoms with Gasteiger partial charge in [-0.25, -0.2) is 0 Å². The van der Waals surface area contributed by atoms with Gasteiger partial charge in [-0.05, 0) is 37.5 Å². The van der Waals surface area contributed by atoms with E-state index in [9.17, 15) is 14.4 Å². The van der Waals surface area contributed by atoms with Gasteiger partial charge < -0.3 is 14.8 Å². The van der Waals surface area contributed by atoms with Crippen LogP contribution in [0.2, 0.25) is 0 Å². The van der Waals surface area contributed by atoms with E-state index in [1.165, 1.54) is 7.11 Å². The summed E-state index contributed by atoms with van der Waals surface area (Å²) in [5.74, 6) is -0.482. The van der Waals surface area contributed by atoms with Gasteiger partial charge in [-0.3, -0.25) is 14.4 Å². The fraction of sp³-hybridized carbons (Fsp3) is 0.438. The van der Waals surface area contributed by atoms with E-state index in [4.69, 9.17) is 9.47 Å². The van der Waals surface area contributed by atoms with E-state index in [-0.39, 0.29) is 12.3 Å². The molecule has 1 aromatic rings. The molecule has 2 rings (SSSR count). The summed E-state index contributed by atoms with van der Waals surface area (Å²) >= 11 is 0. The van der Waals surface area contributed by atoms with Crippen molar-refractivity contribution in [2.75, 3.05) is 13.7 Å². The van der Waals surface area contributed by atoms with Gasteiger partial charge in [0.25, 0.3) is 5.91 Å². The van der Waals surface area contributed by atoms with Crippen LogP contribution in [0.15, 0.2) is 24.3 Å². The molecule has 1 atom stereocenters. The number of Topliss-reactive ketones (excluding diaryl/α,β-unsaturated/α-hetero) is 1. The smallest absolute Gasteiger partial charge is 0.326 e. The third-order valence-corrected chi connectivity index (χ3v) is 3.50. The van der Waals surface area contributed by atoms with Crippen molar-refractivity contribution >= 4 is 17.7 Å². The summed E-state index contributed by atoms with van der Waals surface area (Å²) in [6, 6.07) is 6.60.